The Kier molecular flexibility index (Phi) is 3.49. The first-order valence-electron chi connectivity index (χ1n) is 3.85. The van der Waals surface area contributed by atoms with E-state index in [1.807, 2.05) is 0 Å². The van der Waals surface area contributed by atoms with Crippen molar-refractivity contribution >= 4 is 17.6 Å². The Morgan fingerprint density at radius 3 is 2.93 bits per heavy atom. The fourth-order valence-electron chi connectivity index (χ4n) is 0.943. The molecule has 3 nitrogen and oxygen atoms in total. The summed E-state index contributed by atoms with van der Waals surface area (Å²) in [5.74, 6) is 4.96. The third kappa shape index (κ3) is 2.24. The van der Waals surface area contributed by atoms with Crippen molar-refractivity contribution in [2.24, 2.45) is 0 Å². The number of nitrogens with zero attached hydrogens (tertiary/aromatic N) is 1. The monoisotopic (exact) mass is 209 g/mol. The lowest BCUT2D eigenvalue weighted by molar-refractivity contribution is 0.0600. The van der Waals surface area contributed by atoms with Crippen LogP contribution in [0.15, 0.2) is 12.3 Å². The van der Waals surface area contributed by atoms with Crippen molar-refractivity contribution < 1.29 is 9.53 Å². The van der Waals surface area contributed by atoms with Crippen LogP contribution in [0.2, 0.25) is 5.15 Å². The molecule has 0 saturated heterocycles. The zero-order valence-corrected chi connectivity index (χ0v) is 8.55. The average Bonchev–Trinajstić information content (AvgIpc) is 2.20. The van der Waals surface area contributed by atoms with Crippen LogP contribution in [0.5, 0.6) is 0 Å². The lowest BCUT2D eigenvalue weighted by Gasteiger charge is -2.01. The molecule has 14 heavy (non-hydrogen) atoms. The maximum atomic E-state index is 11.3. The molecular weight excluding hydrogens is 202 g/mol. The van der Waals surface area contributed by atoms with Gasteiger partial charge in [-0.25, -0.2) is 9.78 Å². The summed E-state index contributed by atoms with van der Waals surface area (Å²) >= 11 is 5.65. The molecule has 0 bridgehead atoms. The van der Waals surface area contributed by atoms with Crippen molar-refractivity contribution in [3.05, 3.63) is 28.5 Å². The molecular formula is C10H8ClNO2. The number of ether oxygens (including phenoxy) is 1. The van der Waals surface area contributed by atoms with Crippen LogP contribution in [-0.4, -0.2) is 18.1 Å². The number of halogens is 1. The van der Waals surface area contributed by atoms with Crippen molar-refractivity contribution in [3.8, 4) is 11.8 Å². The number of hydrogen-bond acceptors (Lipinski definition) is 3. The lowest BCUT2D eigenvalue weighted by Crippen LogP contribution is -2.04. The van der Waals surface area contributed by atoms with Crippen LogP contribution in [0.1, 0.15) is 22.8 Å². The summed E-state index contributed by atoms with van der Waals surface area (Å²) in [6, 6.07) is 1.44. The van der Waals surface area contributed by atoms with Crippen molar-refractivity contribution in [1.29, 1.82) is 0 Å². The standard InChI is InChI=1S/C10H8ClNO2/c1-3-4-7-6-12-9(11)5-8(7)10(13)14-2/h5-6H,1-2H3. The molecule has 72 valence electrons. The second kappa shape index (κ2) is 4.64. The van der Waals surface area contributed by atoms with Gasteiger partial charge in [-0.1, -0.05) is 17.5 Å². The summed E-state index contributed by atoms with van der Waals surface area (Å²) in [4.78, 5) is 15.1. The highest BCUT2D eigenvalue weighted by atomic mass is 35.5. The Labute approximate surface area is 87.1 Å². The van der Waals surface area contributed by atoms with E-state index < -0.39 is 5.97 Å². The van der Waals surface area contributed by atoms with Gasteiger partial charge in [-0.2, -0.15) is 0 Å². The predicted octanol–water partition coefficient (Wildman–Crippen LogP) is 1.89. The van der Waals surface area contributed by atoms with Gasteiger partial charge < -0.3 is 4.74 Å². The van der Waals surface area contributed by atoms with E-state index in [2.05, 4.69) is 21.6 Å². The van der Waals surface area contributed by atoms with Crippen LogP contribution in [0, 0.1) is 11.8 Å². The summed E-state index contributed by atoms with van der Waals surface area (Å²) in [6.07, 6.45) is 1.45. The van der Waals surface area contributed by atoms with Crippen LogP contribution < -0.4 is 0 Å². The van der Waals surface area contributed by atoms with Crippen LogP contribution in [0.3, 0.4) is 0 Å². The van der Waals surface area contributed by atoms with Crippen molar-refractivity contribution in [1.82, 2.24) is 4.98 Å². The van der Waals surface area contributed by atoms with Gasteiger partial charge >= 0.3 is 5.97 Å². The lowest BCUT2D eigenvalue weighted by atomic mass is 10.1. The smallest absolute Gasteiger partial charge is 0.339 e. The second-order valence-electron chi connectivity index (χ2n) is 2.42. The summed E-state index contributed by atoms with van der Waals surface area (Å²) < 4.78 is 4.59. The minimum atomic E-state index is -0.466. The number of hydrogen-bond donors (Lipinski definition) is 0. The van der Waals surface area contributed by atoms with E-state index in [1.54, 1.807) is 6.92 Å². The van der Waals surface area contributed by atoms with Gasteiger partial charge in [0.2, 0.25) is 0 Å². The van der Waals surface area contributed by atoms with Gasteiger partial charge in [-0.3, -0.25) is 0 Å². The molecule has 1 heterocycles. The molecule has 1 aromatic heterocycles. The van der Waals surface area contributed by atoms with E-state index in [-0.39, 0.29) is 5.15 Å². The Balaban J connectivity index is 3.27. The van der Waals surface area contributed by atoms with Crippen LogP contribution >= 0.6 is 11.6 Å². The van der Waals surface area contributed by atoms with Gasteiger partial charge in [0.05, 0.1) is 18.2 Å². The number of pyridine rings is 1. The van der Waals surface area contributed by atoms with E-state index in [0.29, 0.717) is 11.1 Å². The number of aromatic nitrogens is 1. The largest absolute Gasteiger partial charge is 0.465 e. The summed E-state index contributed by atoms with van der Waals surface area (Å²) in [6.45, 7) is 1.68. The highest BCUT2D eigenvalue weighted by molar-refractivity contribution is 6.29. The van der Waals surface area contributed by atoms with E-state index in [0.717, 1.165) is 0 Å². The molecule has 0 spiro atoms. The zero-order chi connectivity index (χ0) is 10.6. The molecule has 1 aromatic rings. The second-order valence-corrected chi connectivity index (χ2v) is 2.81. The predicted molar refractivity (Wildman–Crippen MR) is 53.1 cm³/mol. The Morgan fingerprint density at radius 2 is 2.36 bits per heavy atom. The maximum absolute atomic E-state index is 11.3. The molecule has 0 amide bonds. The molecule has 0 N–H and O–H groups in total. The van der Waals surface area contributed by atoms with E-state index in [4.69, 9.17) is 11.6 Å². The fraction of sp³-hybridized carbons (Fsp3) is 0.200. The van der Waals surface area contributed by atoms with Crippen molar-refractivity contribution in [2.45, 2.75) is 6.92 Å². The topological polar surface area (TPSA) is 39.2 Å². The SMILES string of the molecule is CC#Cc1cnc(Cl)cc1C(=O)OC. The molecule has 0 unspecified atom stereocenters. The number of carbonyl (C=O) groups is 1. The molecule has 0 radical (unpaired) electrons. The van der Waals surface area contributed by atoms with Crippen LogP contribution in [0.25, 0.3) is 0 Å². The van der Waals surface area contributed by atoms with Gasteiger partial charge in [-0.15, -0.1) is 5.92 Å². The molecule has 0 aliphatic rings. The Bertz CT molecular complexity index is 418. The molecule has 0 fully saturated rings. The molecule has 0 aliphatic carbocycles. The quantitative estimate of drug-likeness (QED) is 0.403. The maximum Gasteiger partial charge on any atom is 0.339 e. The Morgan fingerprint density at radius 1 is 1.64 bits per heavy atom. The van der Waals surface area contributed by atoms with E-state index in [9.17, 15) is 4.79 Å². The first-order chi connectivity index (χ1) is 6.69. The number of rotatable bonds is 1. The summed E-state index contributed by atoms with van der Waals surface area (Å²) in [5, 5.41) is 0.243. The minimum Gasteiger partial charge on any atom is -0.465 e. The minimum absolute atomic E-state index is 0.243. The van der Waals surface area contributed by atoms with Gasteiger partial charge in [0.25, 0.3) is 0 Å². The van der Waals surface area contributed by atoms with Crippen molar-refractivity contribution in [3.63, 3.8) is 0 Å². The summed E-state index contributed by atoms with van der Waals surface area (Å²) in [7, 11) is 1.31. The number of carbonyl (C=O) groups excluding carboxylic acids is 1. The van der Waals surface area contributed by atoms with Crippen LogP contribution in [-0.2, 0) is 4.74 Å². The van der Waals surface area contributed by atoms with E-state index in [1.165, 1.54) is 19.4 Å². The van der Waals surface area contributed by atoms with Gasteiger partial charge in [0.1, 0.15) is 5.15 Å². The molecule has 0 atom stereocenters. The third-order valence-electron chi connectivity index (χ3n) is 1.54. The molecule has 0 aliphatic heterocycles. The zero-order valence-electron chi connectivity index (χ0n) is 7.80. The van der Waals surface area contributed by atoms with Gasteiger partial charge in [0.15, 0.2) is 0 Å². The highest BCUT2D eigenvalue weighted by Crippen LogP contribution is 2.13. The first kappa shape index (κ1) is 10.6. The third-order valence-corrected chi connectivity index (χ3v) is 1.74. The summed E-state index contributed by atoms with van der Waals surface area (Å²) in [5.41, 5.74) is 0.852. The van der Waals surface area contributed by atoms with Gasteiger partial charge in [0, 0.05) is 6.20 Å². The van der Waals surface area contributed by atoms with Crippen molar-refractivity contribution in [2.75, 3.05) is 7.11 Å². The highest BCUT2D eigenvalue weighted by Gasteiger charge is 2.11. The molecule has 4 heteroatoms. The van der Waals surface area contributed by atoms with E-state index >= 15 is 0 Å². The average molecular weight is 210 g/mol. The number of methoxy groups -OCH3 is 1. The van der Waals surface area contributed by atoms with Gasteiger partial charge in [-0.05, 0) is 13.0 Å². The molecule has 0 saturated carbocycles. The normalized spacial score (nSPS) is 8.79. The fourth-order valence-corrected chi connectivity index (χ4v) is 1.10. The van der Waals surface area contributed by atoms with Crippen LogP contribution in [0.4, 0.5) is 0 Å². The first-order valence-corrected chi connectivity index (χ1v) is 4.23. The molecule has 1 rings (SSSR count). The Hall–Kier alpha value is -1.53. The molecule has 0 aromatic carbocycles. The number of esters is 1.